The van der Waals surface area contributed by atoms with Gasteiger partial charge in [-0.2, -0.15) is 16.4 Å². The van der Waals surface area contributed by atoms with Crippen molar-refractivity contribution in [2.75, 3.05) is 5.32 Å². The van der Waals surface area contributed by atoms with Crippen LogP contribution in [0.3, 0.4) is 0 Å². The second-order valence-electron chi connectivity index (χ2n) is 5.26. The summed E-state index contributed by atoms with van der Waals surface area (Å²) in [4.78, 5) is 12.6. The minimum Gasteiger partial charge on any atom is -0.307 e. The van der Waals surface area contributed by atoms with Gasteiger partial charge in [-0.25, -0.2) is 9.36 Å². The van der Waals surface area contributed by atoms with Crippen molar-refractivity contribution >= 4 is 23.1 Å². The van der Waals surface area contributed by atoms with Crippen LogP contribution in [0, 0.1) is 0 Å². The molecule has 0 aliphatic heterocycles. The summed E-state index contributed by atoms with van der Waals surface area (Å²) in [6.45, 7) is 0.608. The Kier molecular flexibility index (Phi) is 4.05. The normalized spacial score (nSPS) is 10.7. The van der Waals surface area contributed by atoms with Crippen LogP contribution in [0.4, 0.5) is 5.82 Å². The number of benzene rings is 1. The first kappa shape index (κ1) is 15.2. The van der Waals surface area contributed by atoms with Gasteiger partial charge < -0.3 is 5.32 Å². The fraction of sp³-hybridized carbons (Fsp3) is 0.0625. The van der Waals surface area contributed by atoms with Gasteiger partial charge in [0, 0.05) is 11.6 Å². The molecule has 1 aromatic carbocycles. The van der Waals surface area contributed by atoms with Gasteiger partial charge in [0.05, 0.1) is 18.4 Å². The van der Waals surface area contributed by atoms with Crippen LogP contribution >= 0.6 is 11.3 Å². The molecule has 0 unspecified atom stereocenters. The molecular weight excluding hydrogens is 338 g/mol. The second kappa shape index (κ2) is 6.65. The van der Waals surface area contributed by atoms with E-state index in [0.29, 0.717) is 23.6 Å². The van der Waals surface area contributed by atoms with Crippen molar-refractivity contribution in [3.8, 4) is 5.69 Å². The Morgan fingerprint density at radius 3 is 3.00 bits per heavy atom. The highest BCUT2D eigenvalue weighted by Gasteiger charge is 2.11. The van der Waals surface area contributed by atoms with Crippen LogP contribution in [-0.4, -0.2) is 35.9 Å². The van der Waals surface area contributed by atoms with Crippen molar-refractivity contribution in [3.63, 3.8) is 0 Å². The summed E-state index contributed by atoms with van der Waals surface area (Å²) >= 11 is 1.63. The molecule has 0 saturated carbocycles. The first-order valence-corrected chi connectivity index (χ1v) is 8.41. The Morgan fingerprint density at radius 2 is 2.20 bits per heavy atom. The van der Waals surface area contributed by atoms with Gasteiger partial charge in [-0.15, -0.1) is 5.10 Å². The number of nitrogens with zero attached hydrogens (tertiary/aromatic N) is 6. The summed E-state index contributed by atoms with van der Waals surface area (Å²) in [6.07, 6.45) is 3.15. The molecule has 8 nitrogen and oxygen atoms in total. The molecule has 1 N–H and O–H groups in total. The van der Waals surface area contributed by atoms with E-state index in [9.17, 15) is 4.79 Å². The number of nitrogens with one attached hydrogen (secondary N) is 1. The van der Waals surface area contributed by atoms with Crippen LogP contribution in [0.5, 0.6) is 0 Å². The third-order valence-electron chi connectivity index (χ3n) is 3.59. The van der Waals surface area contributed by atoms with E-state index >= 15 is 0 Å². The van der Waals surface area contributed by atoms with E-state index in [2.05, 4.69) is 31.3 Å². The predicted molar refractivity (Wildman–Crippen MR) is 92.8 cm³/mol. The van der Waals surface area contributed by atoms with Crippen LogP contribution < -0.4 is 5.32 Å². The number of amides is 1. The lowest BCUT2D eigenvalue weighted by molar-refractivity contribution is 0.102. The van der Waals surface area contributed by atoms with Crippen LogP contribution in [0.2, 0.25) is 0 Å². The van der Waals surface area contributed by atoms with Crippen LogP contribution in [0.15, 0.2) is 59.7 Å². The van der Waals surface area contributed by atoms with Gasteiger partial charge in [-0.05, 0) is 51.0 Å². The van der Waals surface area contributed by atoms with Crippen molar-refractivity contribution in [1.82, 2.24) is 30.0 Å². The first-order valence-electron chi connectivity index (χ1n) is 7.47. The number of rotatable bonds is 5. The van der Waals surface area contributed by atoms with Crippen molar-refractivity contribution in [2.24, 2.45) is 0 Å². The van der Waals surface area contributed by atoms with Crippen molar-refractivity contribution < 1.29 is 4.79 Å². The number of anilines is 1. The van der Waals surface area contributed by atoms with Crippen molar-refractivity contribution in [3.05, 3.63) is 70.8 Å². The largest absolute Gasteiger partial charge is 0.307 e. The monoisotopic (exact) mass is 351 g/mol. The molecule has 4 aromatic rings. The van der Waals surface area contributed by atoms with Crippen LogP contribution in [0.1, 0.15) is 15.9 Å². The minimum atomic E-state index is -0.220. The molecule has 0 aliphatic rings. The third-order valence-corrected chi connectivity index (χ3v) is 4.32. The Balaban J connectivity index is 1.53. The molecule has 124 valence electrons. The Labute approximate surface area is 146 Å². The highest BCUT2D eigenvalue weighted by atomic mass is 32.1. The number of hydrogen-bond acceptors (Lipinski definition) is 6. The van der Waals surface area contributed by atoms with E-state index < -0.39 is 0 Å². The third kappa shape index (κ3) is 3.31. The first-order chi connectivity index (χ1) is 12.3. The average Bonchev–Trinajstić information content (AvgIpc) is 3.39. The molecule has 0 atom stereocenters. The molecule has 0 saturated heterocycles. The second-order valence-corrected chi connectivity index (χ2v) is 6.04. The number of carbonyl (C=O) groups excluding carboxylic acids is 1. The number of tetrazole rings is 1. The molecule has 0 fully saturated rings. The summed E-state index contributed by atoms with van der Waals surface area (Å²) in [7, 11) is 0. The zero-order chi connectivity index (χ0) is 17.1. The maximum atomic E-state index is 12.6. The molecule has 25 heavy (non-hydrogen) atoms. The van der Waals surface area contributed by atoms with Gasteiger partial charge in [-0.1, -0.05) is 6.07 Å². The van der Waals surface area contributed by atoms with E-state index in [4.69, 9.17) is 0 Å². The van der Waals surface area contributed by atoms with Crippen molar-refractivity contribution in [2.45, 2.75) is 6.54 Å². The molecular formula is C16H13N7OS. The van der Waals surface area contributed by atoms with Gasteiger partial charge in [0.2, 0.25) is 0 Å². The lowest BCUT2D eigenvalue weighted by atomic mass is 10.2. The molecule has 3 heterocycles. The zero-order valence-corrected chi connectivity index (χ0v) is 13.8. The Hall–Kier alpha value is -3.33. The van der Waals surface area contributed by atoms with Gasteiger partial charge in [0.1, 0.15) is 12.1 Å². The molecule has 4 rings (SSSR count). The van der Waals surface area contributed by atoms with Crippen LogP contribution in [-0.2, 0) is 6.54 Å². The van der Waals surface area contributed by atoms with E-state index in [1.54, 1.807) is 46.5 Å². The molecule has 0 spiro atoms. The Morgan fingerprint density at radius 1 is 1.24 bits per heavy atom. The number of thiophene rings is 1. The lowest BCUT2D eigenvalue weighted by Gasteiger charge is -2.09. The number of aromatic nitrogens is 6. The molecule has 9 heteroatoms. The molecule has 3 aromatic heterocycles. The minimum absolute atomic E-state index is 0.220. The molecule has 0 aliphatic carbocycles. The maximum Gasteiger partial charge on any atom is 0.256 e. The number of carbonyl (C=O) groups is 1. The zero-order valence-electron chi connectivity index (χ0n) is 13.0. The molecule has 1 amide bonds. The van der Waals surface area contributed by atoms with Gasteiger partial charge in [0.25, 0.3) is 5.91 Å². The summed E-state index contributed by atoms with van der Waals surface area (Å²) in [6, 6.07) is 10.9. The highest BCUT2D eigenvalue weighted by molar-refractivity contribution is 7.07. The predicted octanol–water partition coefficient (Wildman–Crippen LogP) is 2.22. The van der Waals surface area contributed by atoms with Crippen LogP contribution in [0.25, 0.3) is 5.69 Å². The van der Waals surface area contributed by atoms with Gasteiger partial charge in [0.15, 0.2) is 0 Å². The standard InChI is InChI=1S/C16H13N7OS/c24-16(13-2-1-3-14(8-13)23-11-17-20-21-23)19-15-4-6-18-22(15)9-12-5-7-25-10-12/h1-8,10-11H,9H2,(H,19,24). The number of hydrogen-bond donors (Lipinski definition) is 1. The van der Waals surface area contributed by atoms with E-state index in [1.165, 1.54) is 11.0 Å². The van der Waals surface area contributed by atoms with E-state index in [1.807, 2.05) is 17.5 Å². The average molecular weight is 351 g/mol. The highest BCUT2D eigenvalue weighted by Crippen LogP contribution is 2.15. The lowest BCUT2D eigenvalue weighted by Crippen LogP contribution is -2.16. The fourth-order valence-electron chi connectivity index (χ4n) is 2.38. The van der Waals surface area contributed by atoms with Crippen molar-refractivity contribution in [1.29, 1.82) is 0 Å². The maximum absolute atomic E-state index is 12.6. The quantitative estimate of drug-likeness (QED) is 0.595. The summed E-state index contributed by atoms with van der Waals surface area (Å²) in [5.74, 6) is 0.422. The Bertz CT molecular complexity index is 976. The van der Waals surface area contributed by atoms with Gasteiger partial charge >= 0.3 is 0 Å². The smallest absolute Gasteiger partial charge is 0.256 e. The summed E-state index contributed by atoms with van der Waals surface area (Å²) < 4.78 is 3.25. The fourth-order valence-corrected chi connectivity index (χ4v) is 3.04. The SMILES string of the molecule is O=C(Nc1ccnn1Cc1ccsc1)c1cccc(-n2cnnn2)c1. The molecule has 0 radical (unpaired) electrons. The summed E-state index contributed by atoms with van der Waals surface area (Å²) in [5.41, 5.74) is 2.37. The van der Waals surface area contributed by atoms with E-state index in [0.717, 1.165) is 5.56 Å². The molecule has 0 bridgehead atoms. The van der Waals surface area contributed by atoms with E-state index in [-0.39, 0.29) is 5.91 Å². The topological polar surface area (TPSA) is 90.5 Å². The van der Waals surface area contributed by atoms with Gasteiger partial charge in [-0.3, -0.25) is 4.79 Å². The summed E-state index contributed by atoms with van der Waals surface area (Å²) in [5, 5.41) is 22.3.